The highest BCUT2D eigenvalue weighted by molar-refractivity contribution is 6.01. The van der Waals surface area contributed by atoms with Crippen LogP contribution in [0.3, 0.4) is 0 Å². The van der Waals surface area contributed by atoms with E-state index in [0.29, 0.717) is 49.0 Å². The number of methoxy groups -OCH3 is 1. The molecule has 0 aliphatic carbocycles. The summed E-state index contributed by atoms with van der Waals surface area (Å²) in [4.78, 5) is 18.7. The summed E-state index contributed by atoms with van der Waals surface area (Å²) in [7, 11) is 1.58. The molecule has 1 amide bonds. The van der Waals surface area contributed by atoms with Crippen molar-refractivity contribution in [3.05, 3.63) is 108 Å². The molecule has 4 rings (SSSR count). The standard InChI is InChI=1S/C31H34FN3O5/c1-3-16-31(30(37)35-33-17-15-22-7-4-9-25(32)20-22)28(24-8-5-10-27(21-24)38-2)40-29(34-31)23-11-13-26(14-12-23)39-19-6-18-36/h3-5,7-14,20-21,28,33,36H,1,6,15-19H2,2H3,(H,35,37)/t28-,31-/m0/s1. The van der Waals surface area contributed by atoms with Crippen molar-refractivity contribution >= 4 is 11.8 Å². The first-order valence-electron chi connectivity index (χ1n) is 13.1. The second-order valence-electron chi connectivity index (χ2n) is 9.32. The van der Waals surface area contributed by atoms with Gasteiger partial charge in [0.15, 0.2) is 11.6 Å². The van der Waals surface area contributed by atoms with Gasteiger partial charge in [0.2, 0.25) is 5.90 Å². The first-order chi connectivity index (χ1) is 19.5. The van der Waals surface area contributed by atoms with Gasteiger partial charge in [-0.2, -0.15) is 0 Å². The van der Waals surface area contributed by atoms with E-state index in [1.807, 2.05) is 42.5 Å². The minimum Gasteiger partial charge on any atom is -0.497 e. The highest BCUT2D eigenvalue weighted by Crippen LogP contribution is 2.43. The maximum atomic E-state index is 13.8. The third kappa shape index (κ3) is 6.86. The van der Waals surface area contributed by atoms with E-state index in [0.717, 1.165) is 11.1 Å². The van der Waals surface area contributed by atoms with Crippen molar-refractivity contribution in [3.63, 3.8) is 0 Å². The van der Waals surface area contributed by atoms with Crippen molar-refractivity contribution in [1.82, 2.24) is 10.9 Å². The molecule has 2 atom stereocenters. The Labute approximate surface area is 233 Å². The third-order valence-electron chi connectivity index (χ3n) is 6.51. The molecule has 0 aromatic heterocycles. The molecular formula is C31H34FN3O5. The summed E-state index contributed by atoms with van der Waals surface area (Å²) >= 11 is 0. The van der Waals surface area contributed by atoms with Gasteiger partial charge in [-0.1, -0.05) is 30.3 Å². The van der Waals surface area contributed by atoms with Gasteiger partial charge in [-0.05, 0) is 66.1 Å². The minimum absolute atomic E-state index is 0.0570. The van der Waals surface area contributed by atoms with Gasteiger partial charge >= 0.3 is 0 Å². The zero-order valence-corrected chi connectivity index (χ0v) is 22.4. The van der Waals surface area contributed by atoms with Gasteiger partial charge in [-0.3, -0.25) is 10.2 Å². The molecule has 0 bridgehead atoms. The smallest absolute Gasteiger partial charge is 0.266 e. The van der Waals surface area contributed by atoms with Crippen molar-refractivity contribution in [1.29, 1.82) is 0 Å². The minimum atomic E-state index is -1.36. The number of benzene rings is 3. The van der Waals surface area contributed by atoms with Gasteiger partial charge in [-0.25, -0.2) is 14.8 Å². The number of hydrazine groups is 1. The number of amides is 1. The van der Waals surface area contributed by atoms with Crippen molar-refractivity contribution in [2.45, 2.75) is 30.9 Å². The maximum Gasteiger partial charge on any atom is 0.266 e. The molecular weight excluding hydrogens is 513 g/mol. The van der Waals surface area contributed by atoms with Crippen LogP contribution in [0.2, 0.25) is 0 Å². The molecule has 3 N–H and O–H groups in total. The molecule has 9 heteroatoms. The van der Waals surface area contributed by atoms with E-state index in [1.165, 1.54) is 12.1 Å². The lowest BCUT2D eigenvalue weighted by molar-refractivity contribution is -0.129. The lowest BCUT2D eigenvalue weighted by Crippen LogP contribution is -2.52. The van der Waals surface area contributed by atoms with Crippen molar-refractivity contribution < 1.29 is 28.5 Å². The number of ether oxygens (including phenoxy) is 3. The van der Waals surface area contributed by atoms with Crippen molar-refractivity contribution in [2.24, 2.45) is 4.99 Å². The molecule has 0 spiro atoms. The third-order valence-corrected chi connectivity index (χ3v) is 6.51. The maximum absolute atomic E-state index is 13.8. The fourth-order valence-corrected chi connectivity index (χ4v) is 4.49. The Bertz CT molecular complexity index is 1330. The average Bonchev–Trinajstić information content (AvgIpc) is 3.36. The Hall–Kier alpha value is -4.21. The number of aliphatic hydroxyl groups excluding tert-OH is 1. The lowest BCUT2D eigenvalue weighted by atomic mass is 9.84. The fourth-order valence-electron chi connectivity index (χ4n) is 4.49. The topological polar surface area (TPSA) is 101 Å². The largest absolute Gasteiger partial charge is 0.497 e. The van der Waals surface area contributed by atoms with E-state index >= 15 is 0 Å². The van der Waals surface area contributed by atoms with Crippen LogP contribution in [-0.4, -0.2) is 49.3 Å². The van der Waals surface area contributed by atoms with Gasteiger partial charge in [0.1, 0.15) is 17.3 Å². The van der Waals surface area contributed by atoms with Crippen LogP contribution in [0.25, 0.3) is 0 Å². The van der Waals surface area contributed by atoms with E-state index in [9.17, 15) is 9.18 Å². The number of aliphatic imine (C=N–C) groups is 1. The molecule has 0 unspecified atom stereocenters. The number of carbonyl (C=O) groups is 1. The predicted molar refractivity (Wildman–Crippen MR) is 151 cm³/mol. The quantitative estimate of drug-likeness (QED) is 0.158. The van der Waals surface area contributed by atoms with Gasteiger partial charge in [0, 0.05) is 31.6 Å². The first-order valence-corrected chi connectivity index (χ1v) is 13.1. The summed E-state index contributed by atoms with van der Waals surface area (Å²) in [6, 6.07) is 20.9. The number of hydrogen-bond acceptors (Lipinski definition) is 7. The van der Waals surface area contributed by atoms with Gasteiger partial charge in [-0.15, -0.1) is 6.58 Å². The van der Waals surface area contributed by atoms with E-state index in [4.69, 9.17) is 24.3 Å². The molecule has 0 saturated carbocycles. The van der Waals surface area contributed by atoms with E-state index in [-0.39, 0.29) is 18.8 Å². The van der Waals surface area contributed by atoms with Crippen molar-refractivity contribution in [3.8, 4) is 11.5 Å². The van der Waals surface area contributed by atoms with E-state index in [1.54, 1.807) is 31.4 Å². The van der Waals surface area contributed by atoms with Crippen LogP contribution >= 0.6 is 0 Å². The Morgan fingerprint density at radius 1 is 1.15 bits per heavy atom. The van der Waals surface area contributed by atoms with Crippen LogP contribution < -0.4 is 20.3 Å². The fraction of sp³-hybridized carbons (Fsp3) is 0.290. The van der Waals surface area contributed by atoms with Crippen LogP contribution in [0, 0.1) is 5.82 Å². The summed E-state index contributed by atoms with van der Waals surface area (Å²) in [5.41, 5.74) is 6.59. The molecule has 1 aliphatic heterocycles. The predicted octanol–water partition coefficient (Wildman–Crippen LogP) is 4.29. The van der Waals surface area contributed by atoms with Crippen LogP contribution in [0.4, 0.5) is 4.39 Å². The van der Waals surface area contributed by atoms with E-state index in [2.05, 4.69) is 17.4 Å². The van der Waals surface area contributed by atoms with Crippen LogP contribution in [0.1, 0.15) is 35.6 Å². The normalized spacial score (nSPS) is 18.0. The summed E-state index contributed by atoms with van der Waals surface area (Å²) in [5, 5.41) is 8.97. The number of nitrogens with one attached hydrogen (secondary N) is 2. The number of aliphatic hydroxyl groups is 1. The molecule has 210 valence electrons. The summed E-state index contributed by atoms with van der Waals surface area (Å²) in [6.45, 7) is 4.73. The number of rotatable bonds is 14. The Morgan fingerprint density at radius 3 is 2.67 bits per heavy atom. The highest BCUT2D eigenvalue weighted by Gasteiger charge is 2.52. The molecule has 0 fully saturated rings. The zero-order valence-electron chi connectivity index (χ0n) is 22.4. The second-order valence-corrected chi connectivity index (χ2v) is 9.32. The summed E-state index contributed by atoms with van der Waals surface area (Å²) in [6.07, 6.45) is 2.14. The molecule has 3 aromatic carbocycles. The molecule has 0 radical (unpaired) electrons. The lowest BCUT2D eigenvalue weighted by Gasteiger charge is -2.29. The molecule has 0 saturated heterocycles. The van der Waals surface area contributed by atoms with Crippen LogP contribution in [0.5, 0.6) is 11.5 Å². The number of carbonyl (C=O) groups excluding carboxylic acids is 1. The zero-order chi connectivity index (χ0) is 28.4. The Morgan fingerprint density at radius 2 is 1.95 bits per heavy atom. The van der Waals surface area contributed by atoms with E-state index < -0.39 is 17.6 Å². The highest BCUT2D eigenvalue weighted by atomic mass is 19.1. The number of nitrogens with zero attached hydrogens (tertiary/aromatic N) is 1. The SMILES string of the molecule is C=CC[C@]1(C(=O)NNCCc2cccc(F)c2)N=C(c2ccc(OCCCO)cc2)O[C@H]1c1cccc(OC)c1. The second kappa shape index (κ2) is 13.7. The van der Waals surface area contributed by atoms with Crippen LogP contribution in [0.15, 0.2) is 90.4 Å². The molecule has 8 nitrogen and oxygen atoms in total. The Balaban J connectivity index is 1.58. The number of halogens is 1. The summed E-state index contributed by atoms with van der Waals surface area (Å²) in [5.74, 6) is 0.894. The monoisotopic (exact) mass is 547 g/mol. The van der Waals surface area contributed by atoms with Crippen LogP contribution in [-0.2, 0) is 16.0 Å². The molecule has 1 aliphatic rings. The van der Waals surface area contributed by atoms with Gasteiger partial charge < -0.3 is 19.3 Å². The summed E-state index contributed by atoms with van der Waals surface area (Å²) < 4.78 is 31.0. The number of hydrogen-bond donors (Lipinski definition) is 3. The first kappa shape index (κ1) is 28.8. The Kier molecular flexibility index (Phi) is 9.88. The molecule has 1 heterocycles. The van der Waals surface area contributed by atoms with Gasteiger partial charge in [0.25, 0.3) is 5.91 Å². The van der Waals surface area contributed by atoms with Gasteiger partial charge in [0.05, 0.1) is 13.7 Å². The molecule has 40 heavy (non-hydrogen) atoms. The molecule has 3 aromatic rings. The van der Waals surface area contributed by atoms with Crippen molar-refractivity contribution in [2.75, 3.05) is 26.9 Å². The average molecular weight is 548 g/mol.